The molecule has 0 spiro atoms. The molecule has 2 aromatic carbocycles. The third-order valence-corrected chi connectivity index (χ3v) is 3.05. The first kappa shape index (κ1) is 14.1. The molecule has 1 atom stereocenters. The molecule has 0 fully saturated rings. The number of carbonyl (C=O) groups excluding carboxylic acids is 1. The van der Waals surface area contributed by atoms with Crippen LogP contribution in [0.5, 0.6) is 0 Å². The van der Waals surface area contributed by atoms with E-state index < -0.39 is 0 Å². The quantitative estimate of drug-likeness (QED) is 0.818. The molecular formula is C16H17FN2O. The minimum absolute atomic E-state index is 0.106. The van der Waals surface area contributed by atoms with Crippen molar-refractivity contribution in [3.63, 3.8) is 0 Å². The van der Waals surface area contributed by atoms with Gasteiger partial charge in [0, 0.05) is 6.42 Å². The van der Waals surface area contributed by atoms with E-state index in [0.717, 1.165) is 5.56 Å². The lowest BCUT2D eigenvalue weighted by molar-refractivity contribution is -0.120. The number of carbonyl (C=O) groups is 1. The van der Waals surface area contributed by atoms with Crippen molar-refractivity contribution in [3.8, 4) is 0 Å². The van der Waals surface area contributed by atoms with Crippen LogP contribution in [0.4, 0.5) is 10.1 Å². The Kier molecular flexibility index (Phi) is 4.71. The molecule has 0 saturated heterocycles. The Morgan fingerprint density at radius 1 is 1.10 bits per heavy atom. The average Bonchev–Trinajstić information content (AvgIpc) is 2.47. The number of hydrazine groups is 1. The maximum atomic E-state index is 12.7. The Morgan fingerprint density at radius 2 is 1.75 bits per heavy atom. The van der Waals surface area contributed by atoms with Gasteiger partial charge in [-0.15, -0.1) is 0 Å². The number of anilines is 1. The van der Waals surface area contributed by atoms with Crippen LogP contribution in [0.3, 0.4) is 0 Å². The van der Waals surface area contributed by atoms with Gasteiger partial charge in [-0.2, -0.15) is 0 Å². The van der Waals surface area contributed by atoms with E-state index in [0.29, 0.717) is 12.1 Å². The van der Waals surface area contributed by atoms with E-state index in [2.05, 4.69) is 10.9 Å². The Labute approximate surface area is 117 Å². The molecule has 2 N–H and O–H groups in total. The molecule has 0 bridgehead atoms. The molecule has 0 aliphatic heterocycles. The van der Waals surface area contributed by atoms with Crippen molar-refractivity contribution >= 4 is 11.6 Å². The average molecular weight is 272 g/mol. The second-order valence-electron chi connectivity index (χ2n) is 4.70. The number of hydrogen-bond donors (Lipinski definition) is 2. The second-order valence-corrected chi connectivity index (χ2v) is 4.70. The summed E-state index contributed by atoms with van der Waals surface area (Å²) in [4.78, 5) is 11.8. The molecule has 0 unspecified atom stereocenters. The number of rotatable bonds is 5. The molecule has 104 valence electrons. The largest absolute Gasteiger partial charge is 0.299 e. The van der Waals surface area contributed by atoms with Crippen molar-refractivity contribution in [1.29, 1.82) is 0 Å². The van der Waals surface area contributed by atoms with E-state index in [1.165, 1.54) is 12.1 Å². The van der Waals surface area contributed by atoms with E-state index in [4.69, 9.17) is 0 Å². The van der Waals surface area contributed by atoms with Gasteiger partial charge < -0.3 is 0 Å². The number of nitrogens with one attached hydrogen (secondary N) is 2. The fourth-order valence-corrected chi connectivity index (χ4v) is 1.90. The summed E-state index contributed by atoms with van der Waals surface area (Å²) in [5.41, 5.74) is 7.14. The third kappa shape index (κ3) is 4.09. The lowest BCUT2D eigenvalue weighted by Crippen LogP contribution is -2.30. The van der Waals surface area contributed by atoms with Gasteiger partial charge in [-0.05, 0) is 35.7 Å². The predicted octanol–water partition coefficient (Wildman–Crippen LogP) is 3.46. The molecule has 3 nitrogen and oxygen atoms in total. The van der Waals surface area contributed by atoms with Crippen LogP contribution >= 0.6 is 0 Å². The molecule has 2 aromatic rings. The van der Waals surface area contributed by atoms with Gasteiger partial charge in [0.05, 0.1) is 5.69 Å². The third-order valence-electron chi connectivity index (χ3n) is 3.05. The monoisotopic (exact) mass is 272 g/mol. The fraction of sp³-hybridized carbons (Fsp3) is 0.188. The molecule has 0 aliphatic carbocycles. The number of hydrogen-bond acceptors (Lipinski definition) is 2. The summed E-state index contributed by atoms with van der Waals surface area (Å²) >= 11 is 0. The highest BCUT2D eigenvalue weighted by Gasteiger charge is 2.10. The SMILES string of the molecule is C[C@H](CC(=O)NNc1ccc(F)cc1)c1ccccc1. The normalized spacial score (nSPS) is 11.7. The summed E-state index contributed by atoms with van der Waals surface area (Å²) in [5, 5.41) is 0. The molecule has 0 aliphatic rings. The topological polar surface area (TPSA) is 41.1 Å². The van der Waals surface area contributed by atoms with Crippen LogP contribution in [-0.4, -0.2) is 5.91 Å². The zero-order valence-corrected chi connectivity index (χ0v) is 11.3. The van der Waals surface area contributed by atoms with Crippen molar-refractivity contribution in [3.05, 3.63) is 66.0 Å². The highest BCUT2D eigenvalue weighted by atomic mass is 19.1. The van der Waals surface area contributed by atoms with Gasteiger partial charge >= 0.3 is 0 Å². The van der Waals surface area contributed by atoms with Crippen molar-refractivity contribution in [2.45, 2.75) is 19.3 Å². The van der Waals surface area contributed by atoms with E-state index >= 15 is 0 Å². The number of halogens is 1. The predicted molar refractivity (Wildman–Crippen MR) is 77.6 cm³/mol. The summed E-state index contributed by atoms with van der Waals surface area (Å²) in [6.07, 6.45) is 0.387. The van der Waals surface area contributed by atoms with Gasteiger partial charge in [-0.25, -0.2) is 4.39 Å². The molecule has 4 heteroatoms. The minimum Gasteiger partial charge on any atom is -0.299 e. The first-order chi connectivity index (χ1) is 9.65. The standard InChI is InChI=1S/C16H17FN2O/c1-12(13-5-3-2-4-6-13)11-16(20)19-18-15-9-7-14(17)8-10-15/h2-10,12,18H,11H2,1H3,(H,19,20)/t12-/m1/s1. The van der Waals surface area contributed by atoms with Crippen LogP contribution in [0.2, 0.25) is 0 Å². The van der Waals surface area contributed by atoms with Crippen molar-refractivity contribution in [2.24, 2.45) is 0 Å². The fourth-order valence-electron chi connectivity index (χ4n) is 1.90. The van der Waals surface area contributed by atoms with Gasteiger partial charge in [0.1, 0.15) is 5.82 Å². The summed E-state index contributed by atoms with van der Waals surface area (Å²) in [6.45, 7) is 2.01. The summed E-state index contributed by atoms with van der Waals surface area (Å²) in [5.74, 6) is -0.267. The molecule has 0 aromatic heterocycles. The summed E-state index contributed by atoms with van der Waals surface area (Å²) < 4.78 is 12.7. The highest BCUT2D eigenvalue weighted by Crippen LogP contribution is 2.18. The highest BCUT2D eigenvalue weighted by molar-refractivity contribution is 5.78. The van der Waals surface area contributed by atoms with Gasteiger partial charge in [0.25, 0.3) is 0 Å². The Balaban J connectivity index is 1.82. The first-order valence-corrected chi connectivity index (χ1v) is 6.50. The maximum absolute atomic E-state index is 12.7. The van der Waals surface area contributed by atoms with Crippen LogP contribution in [-0.2, 0) is 4.79 Å². The van der Waals surface area contributed by atoms with E-state index in [9.17, 15) is 9.18 Å². The van der Waals surface area contributed by atoms with Gasteiger partial charge in [0.15, 0.2) is 0 Å². The van der Waals surface area contributed by atoms with Gasteiger partial charge in [0.2, 0.25) is 5.91 Å². The zero-order chi connectivity index (χ0) is 14.4. The van der Waals surface area contributed by atoms with Crippen LogP contribution in [0.15, 0.2) is 54.6 Å². The molecular weight excluding hydrogens is 255 g/mol. The lowest BCUT2D eigenvalue weighted by Gasteiger charge is -2.13. The Bertz CT molecular complexity index is 554. The smallest absolute Gasteiger partial charge is 0.238 e. The first-order valence-electron chi connectivity index (χ1n) is 6.50. The maximum Gasteiger partial charge on any atom is 0.238 e. The molecule has 0 radical (unpaired) electrons. The summed E-state index contributed by atoms with van der Waals surface area (Å²) in [6, 6.07) is 15.7. The summed E-state index contributed by atoms with van der Waals surface area (Å²) in [7, 11) is 0. The van der Waals surface area contributed by atoms with E-state index in [-0.39, 0.29) is 17.6 Å². The van der Waals surface area contributed by atoms with Crippen LogP contribution in [0.25, 0.3) is 0 Å². The molecule has 0 saturated carbocycles. The molecule has 0 heterocycles. The molecule has 1 amide bonds. The minimum atomic E-state index is -0.306. The number of benzene rings is 2. The molecule has 20 heavy (non-hydrogen) atoms. The number of amides is 1. The van der Waals surface area contributed by atoms with E-state index in [1.807, 2.05) is 37.3 Å². The van der Waals surface area contributed by atoms with Crippen molar-refractivity contribution in [2.75, 3.05) is 5.43 Å². The van der Waals surface area contributed by atoms with Crippen LogP contribution in [0, 0.1) is 5.82 Å². The Morgan fingerprint density at radius 3 is 2.40 bits per heavy atom. The van der Waals surface area contributed by atoms with Crippen LogP contribution < -0.4 is 10.9 Å². The van der Waals surface area contributed by atoms with E-state index in [1.54, 1.807) is 12.1 Å². The van der Waals surface area contributed by atoms with Crippen LogP contribution in [0.1, 0.15) is 24.8 Å². The van der Waals surface area contributed by atoms with Gasteiger partial charge in [-0.1, -0.05) is 37.3 Å². The molecule has 2 rings (SSSR count). The van der Waals surface area contributed by atoms with Crippen molar-refractivity contribution < 1.29 is 9.18 Å². The second kappa shape index (κ2) is 6.70. The Hall–Kier alpha value is -2.36. The zero-order valence-electron chi connectivity index (χ0n) is 11.3. The lowest BCUT2D eigenvalue weighted by atomic mass is 9.98. The van der Waals surface area contributed by atoms with Gasteiger partial charge in [-0.3, -0.25) is 15.6 Å². The van der Waals surface area contributed by atoms with Crippen molar-refractivity contribution in [1.82, 2.24) is 5.43 Å².